The molecule has 2 N–H and O–H groups in total. The van der Waals surface area contributed by atoms with Crippen molar-refractivity contribution < 1.29 is 27.5 Å². The predicted octanol–water partition coefficient (Wildman–Crippen LogP) is 2.96. The maximum absolute atomic E-state index is 13.3. The van der Waals surface area contributed by atoms with Crippen molar-refractivity contribution >= 4 is 5.97 Å². The second-order valence-electron chi connectivity index (χ2n) is 4.01. The highest BCUT2D eigenvalue weighted by Gasteiger charge is 2.25. The molecular weight excluding hydrogens is 266 g/mol. The van der Waals surface area contributed by atoms with Crippen LogP contribution >= 0.6 is 0 Å². The number of carboxylic acid groups (broad SMARTS) is 1. The third kappa shape index (κ3) is 5.69. The molecule has 1 aromatic rings. The number of carboxylic acids is 1. The van der Waals surface area contributed by atoms with Gasteiger partial charge in [0.25, 0.3) is 0 Å². The second-order valence-corrected chi connectivity index (χ2v) is 4.01. The Morgan fingerprint density at radius 1 is 1.32 bits per heavy atom. The van der Waals surface area contributed by atoms with E-state index < -0.39 is 29.9 Å². The van der Waals surface area contributed by atoms with Gasteiger partial charge in [-0.25, -0.2) is 9.18 Å². The molecule has 0 aliphatic carbocycles. The minimum absolute atomic E-state index is 0.0564. The van der Waals surface area contributed by atoms with Crippen molar-refractivity contribution in [1.82, 2.24) is 5.32 Å². The summed E-state index contributed by atoms with van der Waals surface area (Å²) in [7, 11) is 0. The summed E-state index contributed by atoms with van der Waals surface area (Å²) in [5.41, 5.74) is 0.0512. The van der Waals surface area contributed by atoms with Crippen LogP contribution in [-0.2, 0) is 6.54 Å². The molecule has 0 saturated carbocycles. The Labute approximate surface area is 107 Å². The number of hydrogen-bond acceptors (Lipinski definition) is 2. The van der Waals surface area contributed by atoms with Crippen molar-refractivity contribution in [3.8, 4) is 0 Å². The van der Waals surface area contributed by atoms with Crippen LogP contribution in [0.3, 0.4) is 0 Å². The number of halogens is 4. The van der Waals surface area contributed by atoms with Crippen molar-refractivity contribution in [3.63, 3.8) is 0 Å². The van der Waals surface area contributed by atoms with E-state index in [1.54, 1.807) is 0 Å². The van der Waals surface area contributed by atoms with Gasteiger partial charge in [0.05, 0.1) is 5.56 Å². The molecule has 0 saturated heterocycles. The lowest BCUT2D eigenvalue weighted by molar-refractivity contribution is -0.135. The van der Waals surface area contributed by atoms with Crippen LogP contribution in [0, 0.1) is 5.82 Å². The summed E-state index contributed by atoms with van der Waals surface area (Å²) in [5, 5.41) is 11.4. The summed E-state index contributed by atoms with van der Waals surface area (Å²) in [5.74, 6) is -2.22. The van der Waals surface area contributed by atoms with E-state index in [2.05, 4.69) is 5.32 Å². The maximum Gasteiger partial charge on any atom is 0.389 e. The summed E-state index contributed by atoms with van der Waals surface area (Å²) in [6, 6.07) is 3.61. The molecule has 1 aromatic carbocycles. The zero-order valence-electron chi connectivity index (χ0n) is 9.93. The molecule has 19 heavy (non-hydrogen) atoms. The average molecular weight is 279 g/mol. The number of hydrogen-bond donors (Lipinski definition) is 2. The molecule has 0 spiro atoms. The monoisotopic (exact) mass is 279 g/mol. The van der Waals surface area contributed by atoms with Crippen LogP contribution in [0.4, 0.5) is 17.6 Å². The second kappa shape index (κ2) is 6.51. The first-order chi connectivity index (χ1) is 8.79. The standard InChI is InChI=1S/C12H13F4NO2/c13-10-6-8(2-3-9(10)11(18)19)7-17-5-1-4-12(14,15)16/h2-3,6,17H,1,4-5,7H2,(H,18,19). The molecule has 0 heterocycles. The Balaban J connectivity index is 2.38. The minimum Gasteiger partial charge on any atom is -0.478 e. The molecule has 3 nitrogen and oxygen atoms in total. The lowest BCUT2D eigenvalue weighted by Crippen LogP contribution is -2.18. The quantitative estimate of drug-likeness (QED) is 0.621. The minimum atomic E-state index is -4.17. The third-order valence-corrected chi connectivity index (χ3v) is 2.41. The molecule has 0 fully saturated rings. The molecule has 0 aromatic heterocycles. The highest BCUT2D eigenvalue weighted by Crippen LogP contribution is 2.20. The molecule has 0 amide bonds. The summed E-state index contributed by atoms with van der Waals surface area (Å²) < 4.78 is 48.8. The topological polar surface area (TPSA) is 49.3 Å². The highest BCUT2D eigenvalue weighted by atomic mass is 19.4. The van der Waals surface area contributed by atoms with Gasteiger partial charge in [0.2, 0.25) is 0 Å². The van der Waals surface area contributed by atoms with E-state index in [0.717, 1.165) is 12.1 Å². The van der Waals surface area contributed by atoms with Crippen LogP contribution in [0.15, 0.2) is 18.2 Å². The van der Waals surface area contributed by atoms with E-state index in [0.29, 0.717) is 5.56 Å². The number of rotatable bonds is 6. The number of benzene rings is 1. The van der Waals surface area contributed by atoms with Crippen molar-refractivity contribution in [2.24, 2.45) is 0 Å². The van der Waals surface area contributed by atoms with Gasteiger partial charge in [-0.15, -0.1) is 0 Å². The largest absolute Gasteiger partial charge is 0.478 e. The zero-order chi connectivity index (χ0) is 14.5. The molecule has 0 bridgehead atoms. The van der Waals surface area contributed by atoms with Gasteiger partial charge in [-0.3, -0.25) is 0 Å². The van der Waals surface area contributed by atoms with Gasteiger partial charge in [-0.05, 0) is 30.7 Å². The molecule has 0 aliphatic rings. The number of alkyl halides is 3. The summed E-state index contributed by atoms with van der Waals surface area (Å²) in [6.07, 6.45) is -5.09. The van der Waals surface area contributed by atoms with Crippen LogP contribution in [0.5, 0.6) is 0 Å². The van der Waals surface area contributed by atoms with Crippen molar-refractivity contribution in [2.45, 2.75) is 25.6 Å². The van der Waals surface area contributed by atoms with Crippen molar-refractivity contribution in [1.29, 1.82) is 0 Å². The molecule has 0 unspecified atom stereocenters. The molecule has 0 atom stereocenters. The normalized spacial score (nSPS) is 11.6. The van der Waals surface area contributed by atoms with E-state index in [4.69, 9.17) is 5.11 Å². The summed E-state index contributed by atoms with van der Waals surface area (Å²) >= 11 is 0. The lowest BCUT2D eigenvalue weighted by Gasteiger charge is -2.08. The predicted molar refractivity (Wildman–Crippen MR) is 60.4 cm³/mol. The Bertz CT molecular complexity index is 446. The fourth-order valence-electron chi connectivity index (χ4n) is 1.49. The van der Waals surface area contributed by atoms with Gasteiger partial charge in [0.1, 0.15) is 5.82 Å². The molecular formula is C12H13F4NO2. The first-order valence-electron chi connectivity index (χ1n) is 5.59. The Morgan fingerprint density at radius 3 is 2.53 bits per heavy atom. The van der Waals surface area contributed by atoms with E-state index in [9.17, 15) is 22.4 Å². The van der Waals surface area contributed by atoms with Crippen molar-refractivity contribution in [3.05, 3.63) is 35.1 Å². The SMILES string of the molecule is O=C(O)c1ccc(CNCCCC(F)(F)F)cc1F. The Hall–Kier alpha value is -1.63. The van der Waals surface area contributed by atoms with Gasteiger partial charge in [-0.2, -0.15) is 13.2 Å². The molecule has 0 radical (unpaired) electrons. The smallest absolute Gasteiger partial charge is 0.389 e. The van der Waals surface area contributed by atoms with Crippen LogP contribution in [-0.4, -0.2) is 23.8 Å². The summed E-state index contributed by atoms with van der Waals surface area (Å²) in [4.78, 5) is 10.6. The molecule has 106 valence electrons. The van der Waals surface area contributed by atoms with Crippen molar-refractivity contribution in [2.75, 3.05) is 6.54 Å². The van der Waals surface area contributed by atoms with Gasteiger partial charge in [-0.1, -0.05) is 6.07 Å². The van der Waals surface area contributed by atoms with Crippen LogP contribution in [0.25, 0.3) is 0 Å². The number of carbonyl (C=O) groups is 1. The fourth-order valence-corrected chi connectivity index (χ4v) is 1.49. The summed E-state index contributed by atoms with van der Waals surface area (Å²) in [6.45, 7) is 0.344. The molecule has 0 aliphatic heterocycles. The van der Waals surface area contributed by atoms with Crippen LogP contribution < -0.4 is 5.32 Å². The molecule has 7 heteroatoms. The first-order valence-corrected chi connectivity index (χ1v) is 5.59. The average Bonchev–Trinajstić information content (AvgIpc) is 2.26. The molecule has 1 rings (SSSR count). The fraction of sp³-hybridized carbons (Fsp3) is 0.417. The lowest BCUT2D eigenvalue weighted by atomic mass is 10.1. The number of aromatic carboxylic acids is 1. The number of nitrogens with one attached hydrogen (secondary N) is 1. The van der Waals surface area contributed by atoms with E-state index >= 15 is 0 Å². The van der Waals surface area contributed by atoms with E-state index in [1.807, 2.05) is 0 Å². The zero-order valence-corrected chi connectivity index (χ0v) is 9.93. The van der Waals surface area contributed by atoms with Gasteiger partial charge >= 0.3 is 12.1 Å². The van der Waals surface area contributed by atoms with Gasteiger partial charge < -0.3 is 10.4 Å². The maximum atomic E-state index is 13.3. The van der Waals surface area contributed by atoms with Crippen LogP contribution in [0.2, 0.25) is 0 Å². The van der Waals surface area contributed by atoms with Crippen LogP contribution in [0.1, 0.15) is 28.8 Å². The Kier molecular flexibility index (Phi) is 5.29. The first kappa shape index (κ1) is 15.4. The third-order valence-electron chi connectivity index (χ3n) is 2.41. The van der Waals surface area contributed by atoms with E-state index in [1.165, 1.54) is 6.07 Å². The van der Waals surface area contributed by atoms with Gasteiger partial charge in [0, 0.05) is 13.0 Å². The van der Waals surface area contributed by atoms with Gasteiger partial charge in [0.15, 0.2) is 0 Å². The highest BCUT2D eigenvalue weighted by molar-refractivity contribution is 5.87. The Morgan fingerprint density at radius 2 is 2.00 bits per heavy atom. The van der Waals surface area contributed by atoms with E-state index in [-0.39, 0.29) is 19.5 Å².